The number of rotatable bonds is 3. The Labute approximate surface area is 139 Å². The zero-order valence-corrected chi connectivity index (χ0v) is 14.0. The first-order valence-corrected chi connectivity index (χ1v) is 9.43. The van der Waals surface area contributed by atoms with Gasteiger partial charge in [0.1, 0.15) is 0 Å². The number of carbonyl (C=O) groups excluding carboxylic acids is 1. The van der Waals surface area contributed by atoms with E-state index < -0.39 is 0 Å². The van der Waals surface area contributed by atoms with Crippen molar-refractivity contribution in [3.05, 3.63) is 64.4 Å². The smallest absolute Gasteiger partial charge is 0.246 e. The molecule has 1 saturated heterocycles. The molecule has 0 bridgehead atoms. The second kappa shape index (κ2) is 7.65. The van der Waals surface area contributed by atoms with E-state index in [0.29, 0.717) is 5.25 Å². The molecule has 1 unspecified atom stereocenters. The van der Waals surface area contributed by atoms with Gasteiger partial charge in [-0.3, -0.25) is 4.79 Å². The normalized spacial score (nSPS) is 19.3. The van der Waals surface area contributed by atoms with Crippen LogP contribution in [0.25, 0.3) is 6.08 Å². The molecule has 2 heterocycles. The van der Waals surface area contributed by atoms with Crippen molar-refractivity contribution in [2.75, 3.05) is 18.8 Å². The van der Waals surface area contributed by atoms with Crippen molar-refractivity contribution < 1.29 is 4.79 Å². The van der Waals surface area contributed by atoms with Crippen molar-refractivity contribution in [2.24, 2.45) is 0 Å². The van der Waals surface area contributed by atoms with Crippen LogP contribution in [0.5, 0.6) is 0 Å². The first-order chi connectivity index (χ1) is 10.8. The minimum absolute atomic E-state index is 0.122. The van der Waals surface area contributed by atoms with Crippen LogP contribution in [0.3, 0.4) is 0 Å². The highest BCUT2D eigenvalue weighted by molar-refractivity contribution is 7.99. The van der Waals surface area contributed by atoms with E-state index in [1.807, 2.05) is 64.4 Å². The maximum atomic E-state index is 12.3. The van der Waals surface area contributed by atoms with Gasteiger partial charge in [0.05, 0.1) is 0 Å². The van der Waals surface area contributed by atoms with Crippen molar-refractivity contribution >= 4 is 35.1 Å². The lowest BCUT2D eigenvalue weighted by Gasteiger charge is -2.18. The number of carbonyl (C=O) groups is 1. The fraction of sp³-hybridized carbons (Fsp3) is 0.278. The van der Waals surface area contributed by atoms with E-state index in [2.05, 4.69) is 17.5 Å². The second-order valence-corrected chi connectivity index (χ2v) is 7.52. The number of benzene rings is 1. The van der Waals surface area contributed by atoms with Crippen molar-refractivity contribution in [1.82, 2.24) is 4.90 Å². The maximum Gasteiger partial charge on any atom is 0.246 e. The molecule has 1 amide bonds. The molecule has 0 spiro atoms. The van der Waals surface area contributed by atoms with Gasteiger partial charge in [0.15, 0.2) is 0 Å². The van der Waals surface area contributed by atoms with Crippen LogP contribution in [-0.2, 0) is 4.79 Å². The third kappa shape index (κ3) is 4.02. The highest BCUT2D eigenvalue weighted by atomic mass is 32.2. The minimum atomic E-state index is 0.122. The summed E-state index contributed by atoms with van der Waals surface area (Å²) < 4.78 is 0. The van der Waals surface area contributed by atoms with E-state index in [4.69, 9.17) is 0 Å². The fourth-order valence-electron chi connectivity index (χ4n) is 2.53. The van der Waals surface area contributed by atoms with E-state index in [-0.39, 0.29) is 5.91 Å². The van der Waals surface area contributed by atoms with Crippen LogP contribution in [0, 0.1) is 0 Å². The first kappa shape index (κ1) is 15.4. The molecular weight excluding hydrogens is 310 g/mol. The number of hydrogen-bond donors (Lipinski definition) is 0. The van der Waals surface area contributed by atoms with Crippen LogP contribution in [-0.4, -0.2) is 29.6 Å². The van der Waals surface area contributed by atoms with Gasteiger partial charge in [-0.25, -0.2) is 0 Å². The summed E-state index contributed by atoms with van der Waals surface area (Å²) in [6.07, 6.45) is 4.64. The minimum Gasteiger partial charge on any atom is -0.338 e. The summed E-state index contributed by atoms with van der Waals surface area (Å²) in [5.41, 5.74) is 1.07. The molecule has 1 aliphatic heterocycles. The van der Waals surface area contributed by atoms with Gasteiger partial charge in [0.25, 0.3) is 0 Å². The summed E-state index contributed by atoms with van der Waals surface area (Å²) in [7, 11) is 0. The number of nitrogens with zero attached hydrogens (tertiary/aromatic N) is 1. The van der Waals surface area contributed by atoms with Gasteiger partial charge >= 0.3 is 0 Å². The Bertz CT molecular complexity index is 622. The van der Waals surface area contributed by atoms with E-state index in [0.717, 1.165) is 30.8 Å². The monoisotopic (exact) mass is 329 g/mol. The molecule has 1 fully saturated rings. The van der Waals surface area contributed by atoms with E-state index in [9.17, 15) is 4.79 Å². The molecule has 1 aliphatic rings. The lowest BCUT2D eigenvalue weighted by molar-refractivity contribution is -0.125. The summed E-state index contributed by atoms with van der Waals surface area (Å²) >= 11 is 3.79. The van der Waals surface area contributed by atoms with Gasteiger partial charge in [0.2, 0.25) is 5.91 Å². The summed E-state index contributed by atoms with van der Waals surface area (Å²) in [5, 5.41) is 2.67. The van der Waals surface area contributed by atoms with Crippen LogP contribution in [0.15, 0.2) is 53.9 Å². The molecule has 1 aromatic heterocycles. The number of hydrogen-bond acceptors (Lipinski definition) is 3. The predicted molar refractivity (Wildman–Crippen MR) is 96.2 cm³/mol. The molecular formula is C18H19NOS2. The average Bonchev–Trinajstić information content (AvgIpc) is 2.98. The topological polar surface area (TPSA) is 20.3 Å². The standard InChI is InChI=1S/C18H19NOS2/c20-18(9-8-15-5-2-1-3-6-15)19-11-10-17(22-14-12-19)16-7-4-13-21-16/h1-9,13,17H,10-12,14H2/b9-8+. The van der Waals surface area contributed by atoms with Crippen LogP contribution < -0.4 is 0 Å². The van der Waals surface area contributed by atoms with E-state index in [1.165, 1.54) is 4.88 Å². The molecule has 2 nitrogen and oxygen atoms in total. The zero-order chi connectivity index (χ0) is 15.2. The molecule has 22 heavy (non-hydrogen) atoms. The Morgan fingerprint density at radius 1 is 1.14 bits per heavy atom. The molecule has 0 radical (unpaired) electrons. The molecule has 1 aromatic carbocycles. The largest absolute Gasteiger partial charge is 0.338 e. The summed E-state index contributed by atoms with van der Waals surface area (Å²) in [6, 6.07) is 14.3. The molecule has 0 N–H and O–H groups in total. The third-order valence-electron chi connectivity index (χ3n) is 3.73. The van der Waals surface area contributed by atoms with Crippen molar-refractivity contribution in [3.63, 3.8) is 0 Å². The molecule has 3 rings (SSSR count). The highest BCUT2D eigenvalue weighted by Crippen LogP contribution is 2.36. The van der Waals surface area contributed by atoms with Crippen LogP contribution in [0.2, 0.25) is 0 Å². The van der Waals surface area contributed by atoms with Gasteiger partial charge in [-0.2, -0.15) is 11.8 Å². The lowest BCUT2D eigenvalue weighted by atomic mass is 10.2. The number of thiophene rings is 1. The average molecular weight is 329 g/mol. The van der Waals surface area contributed by atoms with Crippen LogP contribution >= 0.6 is 23.1 Å². The first-order valence-electron chi connectivity index (χ1n) is 7.50. The summed E-state index contributed by atoms with van der Waals surface area (Å²) in [4.78, 5) is 15.8. The molecule has 2 aromatic rings. The van der Waals surface area contributed by atoms with Crippen molar-refractivity contribution in [2.45, 2.75) is 11.7 Å². The number of thioether (sulfide) groups is 1. The van der Waals surface area contributed by atoms with Gasteiger partial charge in [0, 0.05) is 35.0 Å². The SMILES string of the molecule is O=C(/C=C/c1ccccc1)N1CCSC(c2cccs2)CC1. The van der Waals surface area contributed by atoms with E-state index >= 15 is 0 Å². The zero-order valence-electron chi connectivity index (χ0n) is 12.4. The van der Waals surface area contributed by atoms with Crippen LogP contribution in [0.1, 0.15) is 22.1 Å². The molecule has 0 aliphatic carbocycles. The van der Waals surface area contributed by atoms with Gasteiger partial charge in [-0.15, -0.1) is 11.3 Å². The summed E-state index contributed by atoms with van der Waals surface area (Å²) in [6.45, 7) is 1.68. The highest BCUT2D eigenvalue weighted by Gasteiger charge is 2.21. The lowest BCUT2D eigenvalue weighted by Crippen LogP contribution is -2.31. The summed E-state index contributed by atoms with van der Waals surface area (Å²) in [5.74, 6) is 1.13. The second-order valence-electron chi connectivity index (χ2n) is 5.23. The fourth-order valence-corrected chi connectivity index (χ4v) is 4.77. The Morgan fingerprint density at radius 3 is 2.77 bits per heavy atom. The third-order valence-corrected chi connectivity index (χ3v) is 6.18. The van der Waals surface area contributed by atoms with Crippen molar-refractivity contribution in [1.29, 1.82) is 0 Å². The predicted octanol–water partition coefficient (Wildman–Crippen LogP) is 4.47. The Balaban J connectivity index is 1.58. The van der Waals surface area contributed by atoms with E-state index in [1.54, 1.807) is 6.08 Å². The molecule has 114 valence electrons. The Morgan fingerprint density at radius 2 is 2.00 bits per heavy atom. The van der Waals surface area contributed by atoms with Gasteiger partial charge < -0.3 is 4.90 Å². The Hall–Kier alpha value is -1.52. The van der Waals surface area contributed by atoms with Crippen LogP contribution in [0.4, 0.5) is 0 Å². The Kier molecular flexibility index (Phi) is 5.35. The van der Waals surface area contributed by atoms with Gasteiger partial charge in [-0.05, 0) is 29.5 Å². The molecule has 0 saturated carbocycles. The molecule has 1 atom stereocenters. The maximum absolute atomic E-state index is 12.3. The van der Waals surface area contributed by atoms with Crippen molar-refractivity contribution in [3.8, 4) is 0 Å². The number of amides is 1. The quantitative estimate of drug-likeness (QED) is 0.775. The molecule has 4 heteroatoms. The van der Waals surface area contributed by atoms with Gasteiger partial charge in [-0.1, -0.05) is 36.4 Å².